The van der Waals surface area contributed by atoms with Crippen LogP contribution in [0.15, 0.2) is 42.5 Å². The molecule has 0 spiro atoms. The van der Waals surface area contributed by atoms with Crippen LogP contribution in [0.3, 0.4) is 0 Å². The predicted molar refractivity (Wildman–Crippen MR) is 86.1 cm³/mol. The number of benzene rings is 2. The van der Waals surface area contributed by atoms with Gasteiger partial charge >= 0.3 is 0 Å². The summed E-state index contributed by atoms with van der Waals surface area (Å²) in [4.78, 5) is 0. The van der Waals surface area contributed by atoms with E-state index in [-0.39, 0.29) is 11.9 Å². The van der Waals surface area contributed by atoms with Crippen molar-refractivity contribution in [1.29, 1.82) is 0 Å². The van der Waals surface area contributed by atoms with Gasteiger partial charge in [0.05, 0.1) is 0 Å². The summed E-state index contributed by atoms with van der Waals surface area (Å²) in [5, 5.41) is 3.53. The third kappa shape index (κ3) is 3.17. The van der Waals surface area contributed by atoms with E-state index in [1.807, 2.05) is 18.2 Å². The molecular weight excluding hydrogens is 293 g/mol. The zero-order valence-corrected chi connectivity index (χ0v) is 12.9. The van der Waals surface area contributed by atoms with Crippen LogP contribution in [0.25, 0.3) is 0 Å². The Bertz CT molecular complexity index is 700. The quantitative estimate of drug-likeness (QED) is 0.910. The van der Waals surface area contributed by atoms with Gasteiger partial charge in [-0.25, -0.2) is 4.39 Å². The molecule has 1 N–H and O–H groups in total. The number of ether oxygens (including phenoxy) is 2. The third-order valence-electron chi connectivity index (χ3n) is 4.49. The van der Waals surface area contributed by atoms with Gasteiger partial charge in [0.25, 0.3) is 0 Å². The van der Waals surface area contributed by atoms with Crippen LogP contribution in [0.1, 0.15) is 30.0 Å². The number of halogens is 1. The Morgan fingerprint density at radius 1 is 1.04 bits per heavy atom. The molecule has 1 heterocycles. The molecule has 3 nitrogen and oxygen atoms in total. The Hall–Kier alpha value is -2.07. The average molecular weight is 313 g/mol. The van der Waals surface area contributed by atoms with E-state index in [1.165, 1.54) is 24.5 Å². The van der Waals surface area contributed by atoms with E-state index in [4.69, 9.17) is 9.47 Å². The van der Waals surface area contributed by atoms with Gasteiger partial charge in [-0.15, -0.1) is 0 Å². The van der Waals surface area contributed by atoms with Gasteiger partial charge in [-0.2, -0.15) is 0 Å². The lowest BCUT2D eigenvalue weighted by molar-refractivity contribution is 0.171. The summed E-state index contributed by atoms with van der Waals surface area (Å²) < 4.78 is 25.1. The predicted octanol–water partition coefficient (Wildman–Crippen LogP) is 3.84. The molecule has 1 fully saturated rings. The van der Waals surface area contributed by atoms with Crippen molar-refractivity contribution in [2.45, 2.75) is 25.4 Å². The molecular formula is C19H20FNO2. The van der Waals surface area contributed by atoms with Crippen LogP contribution in [-0.2, 0) is 6.54 Å². The van der Waals surface area contributed by atoms with Crippen molar-refractivity contribution in [3.63, 3.8) is 0 Å². The summed E-state index contributed by atoms with van der Waals surface area (Å²) in [6, 6.07) is 13.3. The molecule has 0 bridgehead atoms. The van der Waals surface area contributed by atoms with Gasteiger partial charge in [0, 0.05) is 18.2 Å². The molecule has 0 amide bonds. The average Bonchev–Trinajstić information content (AvgIpc) is 3.41. The van der Waals surface area contributed by atoms with E-state index in [2.05, 4.69) is 17.4 Å². The van der Waals surface area contributed by atoms with Crippen molar-refractivity contribution < 1.29 is 13.9 Å². The van der Waals surface area contributed by atoms with E-state index >= 15 is 0 Å². The first kappa shape index (κ1) is 14.5. The number of hydrogen-bond acceptors (Lipinski definition) is 3. The SMILES string of the molecule is Fc1ccccc1CNC(c1ccc2c(c1)OCCO2)C1CC1. The minimum Gasteiger partial charge on any atom is -0.486 e. The highest BCUT2D eigenvalue weighted by Gasteiger charge is 2.32. The molecule has 120 valence electrons. The molecule has 1 aliphatic heterocycles. The minimum absolute atomic E-state index is 0.156. The molecule has 2 aliphatic rings. The molecule has 1 saturated carbocycles. The van der Waals surface area contributed by atoms with Gasteiger partial charge < -0.3 is 14.8 Å². The van der Waals surface area contributed by atoms with Gasteiger partial charge in [-0.3, -0.25) is 0 Å². The van der Waals surface area contributed by atoms with E-state index in [0.717, 1.165) is 11.5 Å². The van der Waals surface area contributed by atoms with Gasteiger partial charge in [0.1, 0.15) is 19.0 Å². The highest BCUT2D eigenvalue weighted by molar-refractivity contribution is 5.45. The Balaban J connectivity index is 1.53. The smallest absolute Gasteiger partial charge is 0.161 e. The zero-order valence-electron chi connectivity index (χ0n) is 12.9. The van der Waals surface area contributed by atoms with Gasteiger partial charge in [0.15, 0.2) is 11.5 Å². The highest BCUT2D eigenvalue weighted by atomic mass is 19.1. The lowest BCUT2D eigenvalue weighted by Crippen LogP contribution is -2.23. The van der Waals surface area contributed by atoms with Crippen molar-refractivity contribution >= 4 is 0 Å². The second-order valence-electron chi connectivity index (χ2n) is 6.19. The summed E-state index contributed by atoms with van der Waals surface area (Å²) in [6.07, 6.45) is 2.42. The van der Waals surface area contributed by atoms with Crippen LogP contribution in [0, 0.1) is 11.7 Å². The Kier molecular flexibility index (Phi) is 3.92. The number of nitrogens with one attached hydrogen (secondary N) is 1. The fourth-order valence-electron chi connectivity index (χ4n) is 3.10. The molecule has 1 unspecified atom stereocenters. The van der Waals surface area contributed by atoms with Crippen molar-refractivity contribution in [3.8, 4) is 11.5 Å². The van der Waals surface area contributed by atoms with E-state index in [1.54, 1.807) is 6.07 Å². The monoisotopic (exact) mass is 313 g/mol. The first-order valence-electron chi connectivity index (χ1n) is 8.17. The third-order valence-corrected chi connectivity index (χ3v) is 4.49. The number of hydrogen-bond donors (Lipinski definition) is 1. The highest BCUT2D eigenvalue weighted by Crippen LogP contribution is 2.43. The standard InChI is InChI=1S/C19H20FNO2/c20-16-4-2-1-3-15(16)12-21-19(13-5-6-13)14-7-8-17-18(11-14)23-10-9-22-17/h1-4,7-8,11,13,19,21H,5-6,9-10,12H2. The summed E-state index contributed by atoms with van der Waals surface area (Å²) in [5.41, 5.74) is 1.89. The van der Waals surface area contributed by atoms with Crippen LogP contribution in [-0.4, -0.2) is 13.2 Å². The molecule has 23 heavy (non-hydrogen) atoms. The second-order valence-corrected chi connectivity index (χ2v) is 6.19. The van der Waals surface area contributed by atoms with Gasteiger partial charge in [-0.1, -0.05) is 24.3 Å². The summed E-state index contributed by atoms with van der Waals surface area (Å²) in [7, 11) is 0. The normalized spacial score (nSPS) is 17.8. The molecule has 1 aliphatic carbocycles. The van der Waals surface area contributed by atoms with Gasteiger partial charge in [-0.05, 0) is 42.5 Å². The Morgan fingerprint density at radius 3 is 2.61 bits per heavy atom. The summed E-state index contributed by atoms with van der Waals surface area (Å²) in [5.74, 6) is 2.08. The van der Waals surface area contributed by atoms with Gasteiger partial charge in [0.2, 0.25) is 0 Å². The zero-order chi connectivity index (χ0) is 15.6. The molecule has 2 aromatic carbocycles. The fraction of sp³-hybridized carbons (Fsp3) is 0.368. The molecule has 0 aromatic heterocycles. The van der Waals surface area contributed by atoms with E-state index in [0.29, 0.717) is 31.2 Å². The second kappa shape index (κ2) is 6.20. The fourth-order valence-corrected chi connectivity index (χ4v) is 3.10. The molecule has 2 aromatic rings. The van der Waals surface area contributed by atoms with Crippen LogP contribution in [0.5, 0.6) is 11.5 Å². The number of rotatable bonds is 5. The lowest BCUT2D eigenvalue weighted by Gasteiger charge is -2.23. The lowest BCUT2D eigenvalue weighted by atomic mass is 10.0. The topological polar surface area (TPSA) is 30.5 Å². The van der Waals surface area contributed by atoms with Crippen molar-refractivity contribution in [2.75, 3.05) is 13.2 Å². The first-order valence-corrected chi connectivity index (χ1v) is 8.17. The largest absolute Gasteiger partial charge is 0.486 e. The van der Waals surface area contributed by atoms with Crippen LogP contribution in [0.2, 0.25) is 0 Å². The molecule has 0 saturated heterocycles. The van der Waals surface area contributed by atoms with Crippen molar-refractivity contribution in [3.05, 3.63) is 59.4 Å². The maximum absolute atomic E-state index is 13.8. The molecule has 4 rings (SSSR count). The first-order chi connectivity index (χ1) is 11.3. The van der Waals surface area contributed by atoms with Crippen molar-refractivity contribution in [1.82, 2.24) is 5.32 Å². The summed E-state index contributed by atoms with van der Waals surface area (Å²) in [6.45, 7) is 1.72. The molecule has 4 heteroatoms. The Morgan fingerprint density at radius 2 is 1.83 bits per heavy atom. The van der Waals surface area contributed by atoms with Crippen LogP contribution >= 0.6 is 0 Å². The summed E-state index contributed by atoms with van der Waals surface area (Å²) >= 11 is 0. The van der Waals surface area contributed by atoms with E-state index in [9.17, 15) is 4.39 Å². The number of fused-ring (bicyclic) bond motifs is 1. The minimum atomic E-state index is -0.156. The van der Waals surface area contributed by atoms with E-state index < -0.39 is 0 Å². The Labute approximate surface area is 135 Å². The molecule has 0 radical (unpaired) electrons. The maximum Gasteiger partial charge on any atom is 0.161 e. The van der Waals surface area contributed by atoms with Crippen LogP contribution in [0.4, 0.5) is 4.39 Å². The maximum atomic E-state index is 13.8. The van der Waals surface area contributed by atoms with Crippen LogP contribution < -0.4 is 14.8 Å². The van der Waals surface area contributed by atoms with Crippen molar-refractivity contribution in [2.24, 2.45) is 5.92 Å². The molecule has 1 atom stereocenters.